The van der Waals surface area contributed by atoms with Crippen molar-refractivity contribution in [1.29, 1.82) is 0 Å². The first-order valence-corrected chi connectivity index (χ1v) is 7.05. The molecule has 1 saturated heterocycles. The van der Waals surface area contributed by atoms with Crippen LogP contribution in [0, 0.1) is 5.92 Å². The summed E-state index contributed by atoms with van der Waals surface area (Å²) in [6.07, 6.45) is -0.0452. The summed E-state index contributed by atoms with van der Waals surface area (Å²) in [6.45, 7) is 6.44. The fraction of sp³-hybridized carbons (Fsp3) is 0.562. The summed E-state index contributed by atoms with van der Waals surface area (Å²) in [5.41, 5.74) is 0.683. The summed E-state index contributed by atoms with van der Waals surface area (Å²) >= 11 is 0. The number of carbonyl (C=O) groups excluding carboxylic acids is 1. The van der Waals surface area contributed by atoms with E-state index in [1.54, 1.807) is 4.90 Å². The van der Waals surface area contributed by atoms with Crippen LogP contribution in [-0.2, 0) is 11.2 Å². The first kappa shape index (κ1) is 14.9. The van der Waals surface area contributed by atoms with E-state index < -0.39 is 11.7 Å². The van der Waals surface area contributed by atoms with E-state index >= 15 is 0 Å². The molecule has 1 aromatic rings. The number of aliphatic hydroxyl groups excluding tert-OH is 1. The average molecular weight is 277 g/mol. The van der Waals surface area contributed by atoms with Crippen molar-refractivity contribution in [2.75, 3.05) is 13.1 Å². The van der Waals surface area contributed by atoms with Crippen LogP contribution < -0.4 is 0 Å². The Balaban J connectivity index is 1.94. The topological polar surface area (TPSA) is 49.8 Å². The smallest absolute Gasteiger partial charge is 0.410 e. The molecule has 0 radical (unpaired) electrons. The van der Waals surface area contributed by atoms with Crippen LogP contribution in [0.15, 0.2) is 30.3 Å². The van der Waals surface area contributed by atoms with Gasteiger partial charge in [0.15, 0.2) is 0 Å². The second kappa shape index (κ2) is 5.83. The fourth-order valence-electron chi connectivity index (χ4n) is 2.45. The molecule has 1 N–H and O–H groups in total. The Kier molecular flexibility index (Phi) is 4.33. The van der Waals surface area contributed by atoms with Crippen LogP contribution >= 0.6 is 0 Å². The molecule has 0 bridgehead atoms. The van der Waals surface area contributed by atoms with Crippen LogP contribution in [0.4, 0.5) is 4.79 Å². The third-order valence-corrected chi connectivity index (χ3v) is 3.40. The number of likely N-dealkylation sites (tertiary alicyclic amines) is 1. The molecule has 0 spiro atoms. The molecule has 2 rings (SSSR count). The molecule has 0 saturated carbocycles. The van der Waals surface area contributed by atoms with Crippen molar-refractivity contribution in [3.8, 4) is 0 Å². The first-order valence-electron chi connectivity index (χ1n) is 7.05. The van der Waals surface area contributed by atoms with Gasteiger partial charge in [-0.3, -0.25) is 0 Å². The largest absolute Gasteiger partial charge is 0.444 e. The molecule has 1 heterocycles. The normalized spacial score (nSPS) is 22.9. The van der Waals surface area contributed by atoms with E-state index in [1.165, 1.54) is 5.56 Å². The van der Waals surface area contributed by atoms with Gasteiger partial charge in [-0.15, -0.1) is 0 Å². The lowest BCUT2D eigenvalue weighted by Gasteiger charge is -2.24. The predicted molar refractivity (Wildman–Crippen MR) is 77.4 cm³/mol. The van der Waals surface area contributed by atoms with Gasteiger partial charge in [0.05, 0.1) is 12.6 Å². The number of amides is 1. The lowest BCUT2D eigenvalue weighted by molar-refractivity contribution is 0.0270. The summed E-state index contributed by atoms with van der Waals surface area (Å²) < 4.78 is 5.34. The highest BCUT2D eigenvalue weighted by Crippen LogP contribution is 2.23. The maximum atomic E-state index is 12.0. The lowest BCUT2D eigenvalue weighted by Crippen LogP contribution is -2.35. The number of nitrogens with zero attached hydrogens (tertiary/aromatic N) is 1. The molecular formula is C16H23NO3. The number of rotatable bonds is 2. The van der Waals surface area contributed by atoms with Crippen LogP contribution in [0.1, 0.15) is 26.3 Å². The summed E-state index contributed by atoms with van der Waals surface area (Å²) in [6, 6.07) is 10.0. The van der Waals surface area contributed by atoms with Gasteiger partial charge in [-0.2, -0.15) is 0 Å². The highest BCUT2D eigenvalue weighted by Gasteiger charge is 2.35. The quantitative estimate of drug-likeness (QED) is 0.903. The minimum absolute atomic E-state index is 0.0740. The Morgan fingerprint density at radius 3 is 2.55 bits per heavy atom. The Morgan fingerprint density at radius 1 is 1.30 bits per heavy atom. The van der Waals surface area contributed by atoms with Gasteiger partial charge in [0.2, 0.25) is 0 Å². The molecule has 1 aliphatic heterocycles. The van der Waals surface area contributed by atoms with Gasteiger partial charge in [0, 0.05) is 12.5 Å². The molecule has 1 aliphatic rings. The van der Waals surface area contributed by atoms with Crippen molar-refractivity contribution >= 4 is 6.09 Å². The van der Waals surface area contributed by atoms with Crippen molar-refractivity contribution < 1.29 is 14.6 Å². The molecule has 0 unspecified atom stereocenters. The third-order valence-electron chi connectivity index (χ3n) is 3.40. The van der Waals surface area contributed by atoms with Crippen LogP contribution in [0.25, 0.3) is 0 Å². The molecule has 0 aromatic heterocycles. The van der Waals surface area contributed by atoms with Gasteiger partial charge >= 0.3 is 6.09 Å². The van der Waals surface area contributed by atoms with E-state index in [-0.39, 0.29) is 12.0 Å². The molecule has 2 atom stereocenters. The van der Waals surface area contributed by atoms with Gasteiger partial charge in [0.25, 0.3) is 0 Å². The van der Waals surface area contributed by atoms with Crippen molar-refractivity contribution in [2.45, 2.75) is 38.9 Å². The fourth-order valence-corrected chi connectivity index (χ4v) is 2.45. The second-order valence-corrected chi connectivity index (χ2v) is 6.40. The zero-order chi connectivity index (χ0) is 14.8. The number of ether oxygens (including phenoxy) is 1. The van der Waals surface area contributed by atoms with Crippen LogP contribution in [0.3, 0.4) is 0 Å². The zero-order valence-corrected chi connectivity index (χ0v) is 12.4. The van der Waals surface area contributed by atoms with Crippen LogP contribution in [0.5, 0.6) is 0 Å². The second-order valence-electron chi connectivity index (χ2n) is 6.40. The summed E-state index contributed by atoms with van der Waals surface area (Å²) in [7, 11) is 0. The van der Waals surface area contributed by atoms with Gasteiger partial charge in [-0.05, 0) is 32.8 Å². The lowest BCUT2D eigenvalue weighted by atomic mass is 9.97. The maximum Gasteiger partial charge on any atom is 0.410 e. The molecule has 1 fully saturated rings. The van der Waals surface area contributed by atoms with Crippen molar-refractivity contribution in [2.24, 2.45) is 5.92 Å². The van der Waals surface area contributed by atoms with Gasteiger partial charge < -0.3 is 14.7 Å². The van der Waals surface area contributed by atoms with Gasteiger partial charge in [-0.1, -0.05) is 30.3 Å². The van der Waals surface area contributed by atoms with Crippen molar-refractivity contribution in [1.82, 2.24) is 4.90 Å². The molecule has 20 heavy (non-hydrogen) atoms. The monoisotopic (exact) mass is 277 g/mol. The van der Waals surface area contributed by atoms with Gasteiger partial charge in [0.1, 0.15) is 5.60 Å². The Labute approximate surface area is 120 Å². The molecule has 4 heteroatoms. The van der Waals surface area contributed by atoms with E-state index in [0.29, 0.717) is 13.1 Å². The predicted octanol–water partition coefficient (Wildman–Crippen LogP) is 2.46. The number of hydrogen-bond acceptors (Lipinski definition) is 3. The summed E-state index contributed by atoms with van der Waals surface area (Å²) in [5, 5.41) is 10.1. The SMILES string of the molecule is CC(C)(C)OC(=O)N1C[C@H](Cc2ccccc2)[C@@H](O)C1. The molecule has 4 nitrogen and oxygen atoms in total. The minimum atomic E-state index is -0.500. The van der Waals surface area contributed by atoms with Crippen LogP contribution in [-0.4, -0.2) is 40.9 Å². The number of benzene rings is 1. The Bertz CT molecular complexity index is 453. The molecule has 110 valence electrons. The number of hydrogen-bond donors (Lipinski definition) is 1. The molecule has 1 aromatic carbocycles. The summed E-state index contributed by atoms with van der Waals surface area (Å²) in [4.78, 5) is 13.6. The summed E-state index contributed by atoms with van der Waals surface area (Å²) in [5.74, 6) is 0.0740. The van der Waals surface area contributed by atoms with Crippen molar-refractivity contribution in [3.05, 3.63) is 35.9 Å². The van der Waals surface area contributed by atoms with Gasteiger partial charge in [-0.25, -0.2) is 4.79 Å². The number of carbonyl (C=O) groups is 1. The maximum absolute atomic E-state index is 12.0. The van der Waals surface area contributed by atoms with E-state index in [4.69, 9.17) is 4.74 Å². The Hall–Kier alpha value is -1.55. The van der Waals surface area contributed by atoms with E-state index in [2.05, 4.69) is 0 Å². The molecular weight excluding hydrogens is 254 g/mol. The van der Waals surface area contributed by atoms with E-state index in [0.717, 1.165) is 6.42 Å². The first-order chi connectivity index (χ1) is 9.35. The number of aliphatic hydroxyl groups is 1. The zero-order valence-electron chi connectivity index (χ0n) is 12.4. The number of β-amino-alcohol motifs (C(OH)–C–C–N with tert-alkyl or cyclic N) is 1. The van der Waals surface area contributed by atoms with E-state index in [9.17, 15) is 9.90 Å². The third kappa shape index (κ3) is 3.97. The standard InChI is InChI=1S/C16H23NO3/c1-16(2,3)20-15(19)17-10-13(14(18)11-17)9-12-7-5-4-6-8-12/h4-8,13-14,18H,9-11H2,1-3H3/t13-,14-/m0/s1. The van der Waals surface area contributed by atoms with Crippen molar-refractivity contribution in [3.63, 3.8) is 0 Å². The Morgan fingerprint density at radius 2 is 1.95 bits per heavy atom. The highest BCUT2D eigenvalue weighted by molar-refractivity contribution is 5.68. The highest BCUT2D eigenvalue weighted by atomic mass is 16.6. The minimum Gasteiger partial charge on any atom is -0.444 e. The molecule has 1 amide bonds. The molecule has 0 aliphatic carbocycles. The van der Waals surface area contributed by atoms with E-state index in [1.807, 2.05) is 51.1 Å². The van der Waals surface area contributed by atoms with Crippen LogP contribution in [0.2, 0.25) is 0 Å². The average Bonchev–Trinajstić information content (AvgIpc) is 2.70.